The highest BCUT2D eigenvalue weighted by Gasteiger charge is 2.61. The van der Waals surface area contributed by atoms with E-state index in [1.54, 1.807) is 39.8 Å². The van der Waals surface area contributed by atoms with Gasteiger partial charge in [-0.05, 0) is 33.6 Å². The molecule has 0 spiro atoms. The quantitative estimate of drug-likeness (QED) is 0.714. The molecule has 2 aliphatic heterocycles. The molecular formula is C16H26N2O5. The zero-order valence-electron chi connectivity index (χ0n) is 14.7. The molecule has 0 unspecified atom stereocenters. The number of amides is 2. The number of esters is 1. The Bertz CT molecular complexity index is 511. The Morgan fingerprint density at radius 2 is 1.57 bits per heavy atom. The van der Waals surface area contributed by atoms with Crippen LogP contribution in [-0.2, 0) is 19.1 Å². The van der Waals surface area contributed by atoms with Crippen molar-refractivity contribution in [3.63, 3.8) is 0 Å². The van der Waals surface area contributed by atoms with Crippen LogP contribution in [0.3, 0.4) is 0 Å². The summed E-state index contributed by atoms with van der Waals surface area (Å²) in [7, 11) is 4.62. The number of ether oxygens (including phenoxy) is 2. The maximum atomic E-state index is 12.6. The van der Waals surface area contributed by atoms with Gasteiger partial charge in [-0.25, -0.2) is 4.79 Å². The fraction of sp³-hybridized carbons (Fsp3) is 0.812. The number of carbonyl (C=O) groups excluding carboxylic acids is 3. The first kappa shape index (κ1) is 17.6. The largest absolute Gasteiger partial charge is 0.469 e. The molecule has 2 aliphatic rings. The molecule has 2 saturated heterocycles. The molecule has 0 saturated carbocycles. The lowest BCUT2D eigenvalue weighted by Gasteiger charge is -2.28. The van der Waals surface area contributed by atoms with Gasteiger partial charge in [-0.1, -0.05) is 0 Å². The van der Waals surface area contributed by atoms with Crippen molar-refractivity contribution in [2.24, 2.45) is 11.8 Å². The predicted molar refractivity (Wildman–Crippen MR) is 82.6 cm³/mol. The zero-order valence-corrected chi connectivity index (χ0v) is 14.7. The SMILES string of the molecule is COC(=O)[C@H]1[C@@H](C(=O)N(C)C)[C@@H]2CC[C@@H]1N2C(=O)OC(C)(C)C. The van der Waals surface area contributed by atoms with E-state index in [-0.39, 0.29) is 18.0 Å². The average molecular weight is 326 g/mol. The molecule has 7 heteroatoms. The zero-order chi connectivity index (χ0) is 17.5. The molecule has 2 bridgehead atoms. The highest BCUT2D eigenvalue weighted by atomic mass is 16.6. The summed E-state index contributed by atoms with van der Waals surface area (Å²) >= 11 is 0. The second kappa shape index (κ2) is 6.02. The van der Waals surface area contributed by atoms with Crippen LogP contribution in [0.5, 0.6) is 0 Å². The van der Waals surface area contributed by atoms with Crippen LogP contribution in [0, 0.1) is 11.8 Å². The number of hydrogen-bond acceptors (Lipinski definition) is 5. The topological polar surface area (TPSA) is 76.2 Å². The van der Waals surface area contributed by atoms with E-state index in [4.69, 9.17) is 9.47 Å². The van der Waals surface area contributed by atoms with E-state index in [1.807, 2.05) is 0 Å². The summed E-state index contributed by atoms with van der Waals surface area (Å²) in [4.78, 5) is 40.4. The van der Waals surface area contributed by atoms with Gasteiger partial charge in [0.25, 0.3) is 0 Å². The van der Waals surface area contributed by atoms with Gasteiger partial charge < -0.3 is 19.3 Å². The van der Waals surface area contributed by atoms with Crippen LogP contribution < -0.4 is 0 Å². The van der Waals surface area contributed by atoms with E-state index in [0.29, 0.717) is 12.8 Å². The Hall–Kier alpha value is -1.79. The molecule has 0 N–H and O–H groups in total. The molecule has 0 radical (unpaired) electrons. The van der Waals surface area contributed by atoms with Gasteiger partial charge in [0.05, 0.1) is 18.9 Å². The number of carbonyl (C=O) groups is 3. The molecule has 0 aromatic carbocycles. The van der Waals surface area contributed by atoms with E-state index in [1.165, 1.54) is 12.0 Å². The third-order valence-electron chi connectivity index (χ3n) is 4.49. The van der Waals surface area contributed by atoms with Gasteiger partial charge in [-0.2, -0.15) is 0 Å². The molecule has 4 atom stereocenters. The number of fused-ring (bicyclic) bond motifs is 2. The minimum atomic E-state index is -0.624. The van der Waals surface area contributed by atoms with Crippen LogP contribution in [0.1, 0.15) is 33.6 Å². The van der Waals surface area contributed by atoms with Crippen molar-refractivity contribution in [2.75, 3.05) is 21.2 Å². The number of nitrogens with zero attached hydrogens (tertiary/aromatic N) is 2. The van der Waals surface area contributed by atoms with Gasteiger partial charge in [0.1, 0.15) is 5.60 Å². The van der Waals surface area contributed by atoms with E-state index >= 15 is 0 Å². The van der Waals surface area contributed by atoms with Crippen LogP contribution in [-0.4, -0.2) is 66.7 Å². The molecule has 0 aromatic heterocycles. The van der Waals surface area contributed by atoms with Crippen molar-refractivity contribution < 1.29 is 23.9 Å². The second-order valence-corrected chi connectivity index (χ2v) is 7.41. The van der Waals surface area contributed by atoms with Crippen LogP contribution >= 0.6 is 0 Å². The van der Waals surface area contributed by atoms with Crippen molar-refractivity contribution in [1.82, 2.24) is 9.80 Å². The molecule has 7 nitrogen and oxygen atoms in total. The summed E-state index contributed by atoms with van der Waals surface area (Å²) in [6.07, 6.45) is 0.913. The number of methoxy groups -OCH3 is 1. The summed E-state index contributed by atoms with van der Waals surface area (Å²) in [6.45, 7) is 5.38. The van der Waals surface area contributed by atoms with Crippen molar-refractivity contribution in [3.05, 3.63) is 0 Å². The third kappa shape index (κ3) is 3.14. The summed E-state index contributed by atoms with van der Waals surface area (Å²) in [5.74, 6) is -1.78. The van der Waals surface area contributed by atoms with Gasteiger partial charge >= 0.3 is 12.1 Å². The fourth-order valence-electron chi connectivity index (χ4n) is 3.69. The maximum absolute atomic E-state index is 12.6. The van der Waals surface area contributed by atoms with Crippen molar-refractivity contribution >= 4 is 18.0 Å². The molecule has 0 aliphatic carbocycles. The first-order valence-corrected chi connectivity index (χ1v) is 7.88. The second-order valence-electron chi connectivity index (χ2n) is 7.41. The Kier molecular flexibility index (Phi) is 4.59. The standard InChI is InChI=1S/C16H26N2O5/c1-16(2,3)23-15(21)18-9-7-8-10(18)12(14(20)22-6)11(9)13(19)17(4)5/h9-12H,7-8H2,1-6H3/t9-,10-,11-,12+/m0/s1. The van der Waals surface area contributed by atoms with E-state index < -0.39 is 29.5 Å². The third-order valence-corrected chi connectivity index (χ3v) is 4.49. The van der Waals surface area contributed by atoms with Gasteiger partial charge in [0, 0.05) is 26.2 Å². The van der Waals surface area contributed by atoms with Gasteiger partial charge in [0.2, 0.25) is 5.91 Å². The van der Waals surface area contributed by atoms with E-state index in [2.05, 4.69) is 0 Å². The van der Waals surface area contributed by atoms with Gasteiger partial charge in [0.15, 0.2) is 0 Å². The summed E-state index contributed by atoms with van der Waals surface area (Å²) in [6, 6.07) is -0.648. The highest BCUT2D eigenvalue weighted by Crippen LogP contribution is 2.47. The lowest BCUT2D eigenvalue weighted by Crippen LogP contribution is -2.44. The lowest BCUT2D eigenvalue weighted by molar-refractivity contribution is -0.152. The van der Waals surface area contributed by atoms with Crippen LogP contribution in [0.25, 0.3) is 0 Å². The Labute approximate surface area is 136 Å². The maximum Gasteiger partial charge on any atom is 0.410 e. The molecule has 23 heavy (non-hydrogen) atoms. The Morgan fingerprint density at radius 1 is 1.04 bits per heavy atom. The summed E-state index contributed by atoms with van der Waals surface area (Å²) in [5.41, 5.74) is -0.624. The van der Waals surface area contributed by atoms with Crippen molar-refractivity contribution in [1.29, 1.82) is 0 Å². The van der Waals surface area contributed by atoms with E-state index in [9.17, 15) is 14.4 Å². The molecule has 2 fully saturated rings. The lowest BCUT2D eigenvalue weighted by atomic mass is 9.78. The van der Waals surface area contributed by atoms with Crippen LogP contribution in [0.2, 0.25) is 0 Å². The van der Waals surface area contributed by atoms with Crippen LogP contribution in [0.4, 0.5) is 4.79 Å². The van der Waals surface area contributed by atoms with Crippen molar-refractivity contribution in [3.8, 4) is 0 Å². The summed E-state index contributed by atoms with van der Waals surface area (Å²) in [5, 5.41) is 0. The summed E-state index contributed by atoms with van der Waals surface area (Å²) < 4.78 is 10.4. The molecule has 130 valence electrons. The monoisotopic (exact) mass is 326 g/mol. The average Bonchev–Trinajstić information content (AvgIpc) is 2.99. The molecule has 2 heterocycles. The number of rotatable bonds is 2. The van der Waals surface area contributed by atoms with Crippen molar-refractivity contribution in [2.45, 2.75) is 51.3 Å². The molecular weight excluding hydrogens is 300 g/mol. The van der Waals surface area contributed by atoms with Crippen LogP contribution in [0.15, 0.2) is 0 Å². The number of hydrogen-bond donors (Lipinski definition) is 0. The Morgan fingerprint density at radius 3 is 2.00 bits per heavy atom. The van der Waals surface area contributed by atoms with E-state index in [0.717, 1.165) is 0 Å². The molecule has 2 amide bonds. The highest BCUT2D eigenvalue weighted by molar-refractivity contribution is 5.89. The first-order chi connectivity index (χ1) is 10.6. The molecule has 2 rings (SSSR count). The first-order valence-electron chi connectivity index (χ1n) is 7.88. The van der Waals surface area contributed by atoms with Gasteiger partial charge in [-0.3, -0.25) is 9.59 Å². The fourth-order valence-corrected chi connectivity index (χ4v) is 3.69. The smallest absolute Gasteiger partial charge is 0.410 e. The predicted octanol–water partition coefficient (Wildman–Crippen LogP) is 1.26. The minimum Gasteiger partial charge on any atom is -0.469 e. The molecule has 0 aromatic rings. The minimum absolute atomic E-state index is 0.152. The Balaban J connectivity index is 2.32. The normalized spacial score (nSPS) is 29.4. The van der Waals surface area contributed by atoms with Gasteiger partial charge in [-0.15, -0.1) is 0 Å².